The van der Waals surface area contributed by atoms with Gasteiger partial charge >= 0.3 is 0 Å². The lowest BCUT2D eigenvalue weighted by molar-refractivity contribution is -0.133. The average Bonchev–Trinajstić information content (AvgIpc) is 2.98. The lowest BCUT2D eigenvalue weighted by Gasteiger charge is -2.23. The van der Waals surface area contributed by atoms with Crippen LogP contribution >= 0.6 is 0 Å². The molecule has 0 radical (unpaired) electrons. The van der Waals surface area contributed by atoms with E-state index in [1.165, 1.54) is 12.8 Å². The molecule has 4 heteroatoms. The van der Waals surface area contributed by atoms with Gasteiger partial charge in [0.2, 0.25) is 5.91 Å². The zero-order chi connectivity index (χ0) is 11.4. The second-order valence-electron chi connectivity index (χ2n) is 4.87. The quantitative estimate of drug-likeness (QED) is 0.722. The van der Waals surface area contributed by atoms with Gasteiger partial charge in [-0.05, 0) is 38.3 Å². The minimum absolute atomic E-state index is 0.327. The number of nitrogens with zero attached hydrogens (tertiary/aromatic N) is 1. The molecule has 1 unspecified atom stereocenters. The van der Waals surface area contributed by atoms with Crippen molar-refractivity contribution in [2.24, 2.45) is 5.92 Å². The third kappa shape index (κ3) is 3.19. The van der Waals surface area contributed by atoms with Crippen LogP contribution in [0.1, 0.15) is 25.7 Å². The van der Waals surface area contributed by atoms with Crippen LogP contribution in [0.25, 0.3) is 0 Å². The fourth-order valence-electron chi connectivity index (χ4n) is 2.34. The van der Waals surface area contributed by atoms with E-state index < -0.39 is 0 Å². The summed E-state index contributed by atoms with van der Waals surface area (Å²) in [6.07, 6.45) is 4.22. The van der Waals surface area contributed by atoms with Crippen LogP contribution in [0.5, 0.6) is 0 Å². The summed E-state index contributed by atoms with van der Waals surface area (Å²) in [5.41, 5.74) is 0. The number of hydrogen-bond acceptors (Lipinski definition) is 3. The zero-order valence-corrected chi connectivity index (χ0v) is 10.1. The predicted molar refractivity (Wildman–Crippen MR) is 62.2 cm³/mol. The SMILES string of the molecule is COCCN(C(=O)CC1CCNC1)C1CC1. The maximum absolute atomic E-state index is 12.1. The Hall–Kier alpha value is -0.610. The summed E-state index contributed by atoms with van der Waals surface area (Å²) < 4.78 is 5.06. The largest absolute Gasteiger partial charge is 0.383 e. The molecule has 1 atom stereocenters. The molecule has 2 aliphatic rings. The molecule has 1 N–H and O–H groups in total. The Morgan fingerprint density at radius 2 is 2.25 bits per heavy atom. The van der Waals surface area contributed by atoms with Crippen molar-refractivity contribution in [1.29, 1.82) is 0 Å². The van der Waals surface area contributed by atoms with Gasteiger partial charge in [0, 0.05) is 26.1 Å². The molecule has 1 aliphatic heterocycles. The fourth-order valence-corrected chi connectivity index (χ4v) is 2.34. The van der Waals surface area contributed by atoms with Crippen molar-refractivity contribution in [2.45, 2.75) is 31.7 Å². The summed E-state index contributed by atoms with van der Waals surface area (Å²) in [5, 5.41) is 3.31. The first-order valence-electron chi connectivity index (χ1n) is 6.30. The van der Waals surface area contributed by atoms with E-state index >= 15 is 0 Å². The van der Waals surface area contributed by atoms with Gasteiger partial charge in [-0.25, -0.2) is 0 Å². The van der Waals surface area contributed by atoms with Gasteiger partial charge in [-0.1, -0.05) is 0 Å². The summed E-state index contributed by atoms with van der Waals surface area (Å²) in [4.78, 5) is 14.2. The summed E-state index contributed by atoms with van der Waals surface area (Å²) in [6.45, 7) is 3.50. The molecule has 0 aromatic carbocycles. The van der Waals surface area contributed by atoms with Crippen LogP contribution in [0, 0.1) is 5.92 Å². The van der Waals surface area contributed by atoms with Gasteiger partial charge in [0.1, 0.15) is 0 Å². The van der Waals surface area contributed by atoms with Crippen molar-refractivity contribution < 1.29 is 9.53 Å². The Bertz CT molecular complexity index is 235. The third-order valence-electron chi connectivity index (χ3n) is 3.47. The highest BCUT2D eigenvalue weighted by molar-refractivity contribution is 5.77. The predicted octanol–water partition coefficient (Wildman–Crippen LogP) is 0.623. The Morgan fingerprint density at radius 3 is 2.81 bits per heavy atom. The first-order chi connectivity index (χ1) is 7.81. The molecule has 2 fully saturated rings. The smallest absolute Gasteiger partial charge is 0.223 e. The number of hydrogen-bond donors (Lipinski definition) is 1. The molecule has 0 aromatic heterocycles. The minimum atomic E-state index is 0.327. The summed E-state index contributed by atoms with van der Waals surface area (Å²) >= 11 is 0. The standard InChI is InChI=1S/C12H22N2O2/c1-16-7-6-14(11-2-3-11)12(15)8-10-4-5-13-9-10/h10-11,13H,2-9H2,1H3. The molecule has 0 bridgehead atoms. The van der Waals surface area contributed by atoms with Crippen LogP contribution in [-0.4, -0.2) is 50.2 Å². The van der Waals surface area contributed by atoms with E-state index in [-0.39, 0.29) is 0 Å². The van der Waals surface area contributed by atoms with Crippen LogP contribution in [0.3, 0.4) is 0 Å². The van der Waals surface area contributed by atoms with E-state index in [4.69, 9.17) is 4.74 Å². The number of rotatable bonds is 6. The number of methoxy groups -OCH3 is 1. The molecule has 1 saturated heterocycles. The van der Waals surface area contributed by atoms with E-state index in [0.29, 0.717) is 30.9 Å². The van der Waals surface area contributed by atoms with Crippen LogP contribution in [0.4, 0.5) is 0 Å². The number of nitrogens with one attached hydrogen (secondary N) is 1. The Labute approximate surface area is 97.3 Å². The van der Waals surface area contributed by atoms with Gasteiger partial charge < -0.3 is 15.0 Å². The van der Waals surface area contributed by atoms with E-state index in [2.05, 4.69) is 5.32 Å². The first kappa shape index (κ1) is 11.9. The monoisotopic (exact) mass is 226 g/mol. The summed E-state index contributed by atoms with van der Waals surface area (Å²) in [7, 11) is 1.69. The van der Waals surface area contributed by atoms with Gasteiger partial charge in [0.25, 0.3) is 0 Å². The summed E-state index contributed by atoms with van der Waals surface area (Å²) in [5.74, 6) is 0.879. The fraction of sp³-hybridized carbons (Fsp3) is 0.917. The molecule has 1 amide bonds. The van der Waals surface area contributed by atoms with Crippen LogP contribution in [-0.2, 0) is 9.53 Å². The second kappa shape index (κ2) is 5.64. The van der Waals surface area contributed by atoms with Crippen molar-refractivity contribution >= 4 is 5.91 Å². The number of carbonyl (C=O) groups excluding carboxylic acids is 1. The van der Waals surface area contributed by atoms with Crippen LogP contribution < -0.4 is 5.32 Å². The van der Waals surface area contributed by atoms with Gasteiger partial charge in [-0.15, -0.1) is 0 Å². The topological polar surface area (TPSA) is 41.6 Å². The lowest BCUT2D eigenvalue weighted by Crippen LogP contribution is -2.37. The van der Waals surface area contributed by atoms with Gasteiger partial charge in [0.05, 0.1) is 6.61 Å². The van der Waals surface area contributed by atoms with Gasteiger partial charge in [-0.2, -0.15) is 0 Å². The molecule has 0 spiro atoms. The Balaban J connectivity index is 1.78. The average molecular weight is 226 g/mol. The van der Waals surface area contributed by atoms with E-state index in [0.717, 1.165) is 26.1 Å². The molecule has 1 aliphatic carbocycles. The molecule has 0 aromatic rings. The van der Waals surface area contributed by atoms with Crippen molar-refractivity contribution in [2.75, 3.05) is 33.4 Å². The second-order valence-corrected chi connectivity index (χ2v) is 4.87. The van der Waals surface area contributed by atoms with Crippen molar-refractivity contribution in [1.82, 2.24) is 10.2 Å². The minimum Gasteiger partial charge on any atom is -0.383 e. The maximum atomic E-state index is 12.1. The normalized spacial score (nSPS) is 24.7. The van der Waals surface area contributed by atoms with E-state index in [9.17, 15) is 4.79 Å². The molecule has 16 heavy (non-hydrogen) atoms. The first-order valence-corrected chi connectivity index (χ1v) is 6.30. The lowest BCUT2D eigenvalue weighted by atomic mass is 10.0. The Morgan fingerprint density at radius 1 is 1.44 bits per heavy atom. The highest BCUT2D eigenvalue weighted by atomic mass is 16.5. The zero-order valence-electron chi connectivity index (χ0n) is 10.1. The molecular formula is C12H22N2O2. The molecule has 92 valence electrons. The summed E-state index contributed by atoms with van der Waals surface area (Å²) in [6, 6.07) is 0.511. The number of carbonyl (C=O) groups is 1. The molecule has 2 rings (SSSR count). The molecule has 1 heterocycles. The molecular weight excluding hydrogens is 204 g/mol. The Kier molecular flexibility index (Phi) is 4.18. The van der Waals surface area contributed by atoms with E-state index in [1.807, 2.05) is 4.90 Å². The highest BCUT2D eigenvalue weighted by Crippen LogP contribution is 2.28. The van der Waals surface area contributed by atoms with Crippen molar-refractivity contribution in [3.05, 3.63) is 0 Å². The van der Waals surface area contributed by atoms with Crippen LogP contribution in [0.2, 0.25) is 0 Å². The number of ether oxygens (including phenoxy) is 1. The third-order valence-corrected chi connectivity index (χ3v) is 3.47. The van der Waals surface area contributed by atoms with Crippen molar-refractivity contribution in [3.63, 3.8) is 0 Å². The van der Waals surface area contributed by atoms with Crippen LogP contribution in [0.15, 0.2) is 0 Å². The molecule has 4 nitrogen and oxygen atoms in total. The number of amides is 1. The van der Waals surface area contributed by atoms with Crippen molar-refractivity contribution in [3.8, 4) is 0 Å². The van der Waals surface area contributed by atoms with E-state index in [1.54, 1.807) is 7.11 Å². The highest BCUT2D eigenvalue weighted by Gasteiger charge is 2.33. The van der Waals surface area contributed by atoms with Gasteiger partial charge in [0.15, 0.2) is 0 Å². The molecule has 1 saturated carbocycles. The van der Waals surface area contributed by atoms with Gasteiger partial charge in [-0.3, -0.25) is 4.79 Å². The maximum Gasteiger partial charge on any atom is 0.223 e.